The zero-order chi connectivity index (χ0) is 17.1. The van der Waals surface area contributed by atoms with Crippen LogP contribution in [-0.4, -0.2) is 30.4 Å². The second-order valence-electron chi connectivity index (χ2n) is 5.49. The molecule has 0 aromatic heterocycles. The third kappa shape index (κ3) is 7.13. The van der Waals surface area contributed by atoms with Crippen LogP contribution in [0.3, 0.4) is 0 Å². The van der Waals surface area contributed by atoms with E-state index in [2.05, 4.69) is 42.5 Å². The molecule has 0 aliphatic heterocycles. The van der Waals surface area contributed by atoms with E-state index >= 15 is 0 Å². The SMILES string of the molecule is C=CCCCN(Cc1ccc(CC)cc1)C(=O)CCC(=O)OC. The van der Waals surface area contributed by atoms with Gasteiger partial charge in [0.1, 0.15) is 0 Å². The van der Waals surface area contributed by atoms with Crippen LogP contribution in [0, 0.1) is 0 Å². The zero-order valence-corrected chi connectivity index (χ0v) is 14.2. The molecule has 0 spiro atoms. The maximum Gasteiger partial charge on any atom is 0.306 e. The first-order chi connectivity index (χ1) is 11.1. The summed E-state index contributed by atoms with van der Waals surface area (Å²) in [6, 6.07) is 8.31. The van der Waals surface area contributed by atoms with Crippen LogP contribution >= 0.6 is 0 Å². The first-order valence-corrected chi connectivity index (χ1v) is 8.14. The van der Waals surface area contributed by atoms with E-state index in [1.165, 1.54) is 12.7 Å². The van der Waals surface area contributed by atoms with Gasteiger partial charge in [-0.05, 0) is 30.4 Å². The van der Waals surface area contributed by atoms with Gasteiger partial charge in [0.05, 0.1) is 13.5 Å². The number of rotatable bonds is 10. The Labute approximate surface area is 139 Å². The highest BCUT2D eigenvalue weighted by molar-refractivity contribution is 5.81. The molecule has 0 saturated carbocycles. The molecule has 0 atom stereocenters. The third-order valence-electron chi connectivity index (χ3n) is 3.76. The summed E-state index contributed by atoms with van der Waals surface area (Å²) >= 11 is 0. The average molecular weight is 317 g/mol. The van der Waals surface area contributed by atoms with Gasteiger partial charge in [-0.2, -0.15) is 0 Å². The third-order valence-corrected chi connectivity index (χ3v) is 3.76. The van der Waals surface area contributed by atoms with Gasteiger partial charge in [-0.15, -0.1) is 6.58 Å². The maximum atomic E-state index is 12.4. The molecular formula is C19H27NO3. The van der Waals surface area contributed by atoms with Crippen molar-refractivity contribution in [3.8, 4) is 0 Å². The van der Waals surface area contributed by atoms with Gasteiger partial charge in [0.25, 0.3) is 0 Å². The summed E-state index contributed by atoms with van der Waals surface area (Å²) < 4.78 is 4.60. The van der Waals surface area contributed by atoms with Crippen LogP contribution in [0.1, 0.15) is 43.7 Å². The van der Waals surface area contributed by atoms with Crippen molar-refractivity contribution in [1.29, 1.82) is 0 Å². The fourth-order valence-corrected chi connectivity index (χ4v) is 2.29. The van der Waals surface area contributed by atoms with Crippen molar-refractivity contribution in [3.63, 3.8) is 0 Å². The van der Waals surface area contributed by atoms with E-state index in [0.29, 0.717) is 13.1 Å². The van der Waals surface area contributed by atoms with Crippen molar-refractivity contribution in [2.75, 3.05) is 13.7 Å². The smallest absolute Gasteiger partial charge is 0.306 e. The molecule has 0 radical (unpaired) electrons. The topological polar surface area (TPSA) is 46.6 Å². The van der Waals surface area contributed by atoms with Gasteiger partial charge in [0.15, 0.2) is 0 Å². The zero-order valence-electron chi connectivity index (χ0n) is 14.2. The molecule has 126 valence electrons. The summed E-state index contributed by atoms with van der Waals surface area (Å²) in [6.07, 6.45) is 4.92. The molecule has 0 bridgehead atoms. The number of methoxy groups -OCH3 is 1. The molecule has 1 aromatic carbocycles. The summed E-state index contributed by atoms with van der Waals surface area (Å²) in [5.41, 5.74) is 2.39. The van der Waals surface area contributed by atoms with E-state index < -0.39 is 0 Å². The molecule has 1 aromatic rings. The Morgan fingerprint density at radius 1 is 1.17 bits per heavy atom. The standard InChI is InChI=1S/C19H27NO3/c1-4-6-7-14-20(18(21)12-13-19(22)23-3)15-17-10-8-16(5-2)9-11-17/h4,8-11H,1,5-7,12-15H2,2-3H3. The summed E-state index contributed by atoms with van der Waals surface area (Å²) in [6.45, 7) is 7.07. The number of benzene rings is 1. The van der Waals surface area contributed by atoms with E-state index in [9.17, 15) is 9.59 Å². The van der Waals surface area contributed by atoms with E-state index in [1.54, 1.807) is 0 Å². The summed E-state index contributed by atoms with van der Waals surface area (Å²) in [5, 5.41) is 0. The number of esters is 1. The lowest BCUT2D eigenvalue weighted by atomic mass is 10.1. The molecule has 0 heterocycles. The summed E-state index contributed by atoms with van der Waals surface area (Å²) in [7, 11) is 1.34. The van der Waals surface area contributed by atoms with Gasteiger partial charge >= 0.3 is 5.97 Å². The lowest BCUT2D eigenvalue weighted by Crippen LogP contribution is -2.31. The Morgan fingerprint density at radius 2 is 1.83 bits per heavy atom. The molecule has 0 aliphatic carbocycles. The largest absolute Gasteiger partial charge is 0.469 e. The van der Waals surface area contributed by atoms with Gasteiger partial charge in [-0.3, -0.25) is 9.59 Å². The van der Waals surface area contributed by atoms with Crippen molar-refractivity contribution in [3.05, 3.63) is 48.0 Å². The minimum atomic E-state index is -0.350. The fourth-order valence-electron chi connectivity index (χ4n) is 2.29. The van der Waals surface area contributed by atoms with E-state index in [0.717, 1.165) is 24.8 Å². The minimum Gasteiger partial charge on any atom is -0.469 e. The van der Waals surface area contributed by atoms with Crippen molar-refractivity contribution >= 4 is 11.9 Å². The molecular weight excluding hydrogens is 290 g/mol. The molecule has 1 amide bonds. The normalized spacial score (nSPS) is 10.2. The second kappa shape index (κ2) is 10.6. The molecule has 0 saturated heterocycles. The quantitative estimate of drug-likeness (QED) is 0.377. The average Bonchev–Trinajstić information content (AvgIpc) is 2.59. The predicted octanol–water partition coefficient (Wildman–Crippen LogP) is 3.50. The number of amides is 1. The highest BCUT2D eigenvalue weighted by Crippen LogP contribution is 2.11. The highest BCUT2D eigenvalue weighted by atomic mass is 16.5. The van der Waals surface area contributed by atoms with Crippen molar-refractivity contribution in [1.82, 2.24) is 4.90 Å². The monoisotopic (exact) mass is 317 g/mol. The van der Waals surface area contributed by atoms with Crippen molar-refractivity contribution in [2.45, 2.75) is 45.6 Å². The summed E-state index contributed by atoms with van der Waals surface area (Å²) in [4.78, 5) is 25.4. The van der Waals surface area contributed by atoms with E-state index in [1.807, 2.05) is 11.0 Å². The van der Waals surface area contributed by atoms with Crippen LogP contribution in [0.25, 0.3) is 0 Å². The Morgan fingerprint density at radius 3 is 2.39 bits per heavy atom. The molecule has 4 heteroatoms. The van der Waals surface area contributed by atoms with E-state index in [-0.39, 0.29) is 24.7 Å². The van der Waals surface area contributed by atoms with E-state index in [4.69, 9.17) is 0 Å². The fraction of sp³-hybridized carbons (Fsp3) is 0.474. The number of allylic oxidation sites excluding steroid dienone is 1. The molecule has 4 nitrogen and oxygen atoms in total. The molecule has 1 rings (SSSR count). The number of nitrogens with zero attached hydrogens (tertiary/aromatic N) is 1. The van der Waals surface area contributed by atoms with Gasteiger partial charge in [0, 0.05) is 19.5 Å². The molecule has 0 unspecified atom stereocenters. The molecule has 0 fully saturated rings. The number of carbonyl (C=O) groups is 2. The van der Waals surface area contributed by atoms with Gasteiger partial charge in [-0.1, -0.05) is 37.3 Å². The van der Waals surface area contributed by atoms with Crippen molar-refractivity contribution in [2.24, 2.45) is 0 Å². The second-order valence-corrected chi connectivity index (χ2v) is 5.49. The number of carbonyl (C=O) groups excluding carboxylic acids is 2. The van der Waals surface area contributed by atoms with Gasteiger partial charge < -0.3 is 9.64 Å². The molecule has 0 N–H and O–H groups in total. The van der Waals surface area contributed by atoms with Crippen LogP contribution in [0.15, 0.2) is 36.9 Å². The molecule has 23 heavy (non-hydrogen) atoms. The van der Waals surface area contributed by atoms with Crippen LogP contribution < -0.4 is 0 Å². The lowest BCUT2D eigenvalue weighted by molar-refractivity contribution is -0.143. The number of hydrogen-bond donors (Lipinski definition) is 0. The Balaban J connectivity index is 2.67. The first kappa shape index (κ1) is 18.9. The van der Waals surface area contributed by atoms with Crippen LogP contribution in [0.5, 0.6) is 0 Å². The highest BCUT2D eigenvalue weighted by Gasteiger charge is 2.15. The molecule has 0 aliphatic rings. The minimum absolute atomic E-state index is 0.0148. The summed E-state index contributed by atoms with van der Waals surface area (Å²) in [5.74, 6) is -0.365. The van der Waals surface area contributed by atoms with Crippen LogP contribution in [-0.2, 0) is 27.3 Å². The van der Waals surface area contributed by atoms with Gasteiger partial charge in [0.2, 0.25) is 5.91 Å². The first-order valence-electron chi connectivity index (χ1n) is 8.14. The van der Waals surface area contributed by atoms with Crippen molar-refractivity contribution < 1.29 is 14.3 Å². The Hall–Kier alpha value is -2.10. The number of hydrogen-bond acceptors (Lipinski definition) is 3. The lowest BCUT2D eigenvalue weighted by Gasteiger charge is -2.23. The Bertz CT molecular complexity index is 508. The number of aryl methyl sites for hydroxylation is 1. The Kier molecular flexibility index (Phi) is 8.73. The number of unbranched alkanes of at least 4 members (excludes halogenated alkanes) is 1. The predicted molar refractivity (Wildman–Crippen MR) is 91.9 cm³/mol. The maximum absolute atomic E-state index is 12.4. The number of ether oxygens (including phenoxy) is 1. The van der Waals surface area contributed by atoms with Crippen LogP contribution in [0.4, 0.5) is 0 Å². The van der Waals surface area contributed by atoms with Crippen LogP contribution in [0.2, 0.25) is 0 Å². The van der Waals surface area contributed by atoms with Gasteiger partial charge in [-0.25, -0.2) is 0 Å².